The Morgan fingerprint density at radius 1 is 1.32 bits per heavy atom. The quantitative estimate of drug-likeness (QED) is 0.784. The van der Waals surface area contributed by atoms with E-state index in [1.807, 2.05) is 13.0 Å². The van der Waals surface area contributed by atoms with Crippen molar-refractivity contribution in [3.8, 4) is 5.75 Å². The van der Waals surface area contributed by atoms with Gasteiger partial charge >= 0.3 is 0 Å². The summed E-state index contributed by atoms with van der Waals surface area (Å²) in [7, 11) is 0. The van der Waals surface area contributed by atoms with Gasteiger partial charge in [-0.05, 0) is 65.6 Å². The van der Waals surface area contributed by atoms with Crippen LogP contribution in [0, 0.1) is 12.7 Å². The second-order valence-corrected chi connectivity index (χ2v) is 6.13. The smallest absolute Gasteiger partial charge is 0.167 e. The van der Waals surface area contributed by atoms with Crippen LogP contribution in [0.4, 0.5) is 4.39 Å². The molecule has 3 heteroatoms. The number of rotatable bonds is 6. The Bertz CT molecular complexity index is 398. The molecule has 1 N–H and O–H groups in total. The second kappa shape index (κ2) is 6.90. The second-order valence-electron chi connectivity index (χ2n) is 6.13. The fraction of sp³-hybridized carbons (Fsp3) is 0.625. The first kappa shape index (κ1) is 16.0. The molecule has 0 amide bonds. The molecule has 0 radical (unpaired) electrons. The minimum absolute atomic E-state index is 0.0260. The van der Waals surface area contributed by atoms with Crippen LogP contribution < -0.4 is 10.1 Å². The minimum Gasteiger partial charge on any atom is -0.488 e. The summed E-state index contributed by atoms with van der Waals surface area (Å²) in [6.07, 6.45) is 1.96. The lowest BCUT2D eigenvalue weighted by Gasteiger charge is -2.21. The zero-order valence-electron chi connectivity index (χ0n) is 12.7. The first-order valence-electron chi connectivity index (χ1n) is 6.96. The third-order valence-electron chi connectivity index (χ3n) is 2.93. The van der Waals surface area contributed by atoms with E-state index in [-0.39, 0.29) is 17.5 Å². The molecule has 108 valence electrons. The molecule has 0 heterocycles. The number of nitrogens with one attached hydrogen (secondary N) is 1. The lowest BCUT2D eigenvalue weighted by atomic mass is 10.1. The van der Waals surface area contributed by atoms with Crippen molar-refractivity contribution in [1.29, 1.82) is 0 Å². The number of hydrogen-bond acceptors (Lipinski definition) is 2. The van der Waals surface area contributed by atoms with E-state index in [9.17, 15) is 4.39 Å². The third kappa shape index (κ3) is 6.06. The molecule has 1 rings (SSSR count). The summed E-state index contributed by atoms with van der Waals surface area (Å²) in [5.41, 5.74) is 0.770. The Morgan fingerprint density at radius 2 is 2.00 bits per heavy atom. The molecule has 1 aromatic rings. The maximum Gasteiger partial charge on any atom is 0.167 e. The van der Waals surface area contributed by atoms with E-state index in [0.29, 0.717) is 11.3 Å². The summed E-state index contributed by atoms with van der Waals surface area (Å²) >= 11 is 0. The number of halogens is 1. The Kier molecular flexibility index (Phi) is 5.80. The molecular formula is C16H26FNO. The third-order valence-corrected chi connectivity index (χ3v) is 2.93. The fourth-order valence-electron chi connectivity index (χ4n) is 1.84. The lowest BCUT2D eigenvalue weighted by molar-refractivity contribution is 0.197. The molecule has 0 fully saturated rings. The summed E-state index contributed by atoms with van der Waals surface area (Å²) in [6, 6.07) is 5.26. The molecule has 19 heavy (non-hydrogen) atoms. The van der Waals surface area contributed by atoms with E-state index in [4.69, 9.17) is 4.74 Å². The molecule has 0 aliphatic rings. The van der Waals surface area contributed by atoms with E-state index in [1.54, 1.807) is 19.1 Å². The number of ether oxygens (including phenoxy) is 1. The molecule has 1 unspecified atom stereocenters. The molecule has 0 bridgehead atoms. The SMILES string of the molecule is Cc1cccc(OC(C)CCCNC(C)(C)C)c1F. The molecule has 0 aliphatic carbocycles. The maximum atomic E-state index is 13.8. The molecule has 0 spiro atoms. The lowest BCUT2D eigenvalue weighted by Crippen LogP contribution is -2.36. The summed E-state index contributed by atoms with van der Waals surface area (Å²) in [5, 5.41) is 3.43. The zero-order valence-corrected chi connectivity index (χ0v) is 12.7. The van der Waals surface area contributed by atoms with Gasteiger partial charge in [-0.3, -0.25) is 0 Å². The predicted molar refractivity (Wildman–Crippen MR) is 78.2 cm³/mol. The van der Waals surface area contributed by atoms with Crippen molar-refractivity contribution in [2.75, 3.05) is 6.54 Å². The maximum absolute atomic E-state index is 13.8. The van der Waals surface area contributed by atoms with Crippen molar-refractivity contribution in [3.63, 3.8) is 0 Å². The van der Waals surface area contributed by atoms with Crippen LogP contribution in [0.2, 0.25) is 0 Å². The van der Waals surface area contributed by atoms with Crippen LogP contribution in [-0.4, -0.2) is 18.2 Å². The predicted octanol–water partition coefficient (Wildman–Crippen LogP) is 4.07. The van der Waals surface area contributed by atoms with Crippen LogP contribution in [0.3, 0.4) is 0 Å². The van der Waals surface area contributed by atoms with Crippen LogP contribution in [-0.2, 0) is 0 Å². The van der Waals surface area contributed by atoms with Crippen LogP contribution >= 0.6 is 0 Å². The highest BCUT2D eigenvalue weighted by Crippen LogP contribution is 2.21. The van der Waals surface area contributed by atoms with Gasteiger partial charge in [-0.15, -0.1) is 0 Å². The van der Waals surface area contributed by atoms with Crippen molar-refractivity contribution in [3.05, 3.63) is 29.6 Å². The Hall–Kier alpha value is -1.09. The van der Waals surface area contributed by atoms with E-state index >= 15 is 0 Å². The fourth-order valence-corrected chi connectivity index (χ4v) is 1.84. The highest BCUT2D eigenvalue weighted by molar-refractivity contribution is 5.30. The van der Waals surface area contributed by atoms with E-state index in [0.717, 1.165) is 19.4 Å². The normalized spacial score (nSPS) is 13.4. The van der Waals surface area contributed by atoms with Crippen LogP contribution in [0.1, 0.15) is 46.1 Å². The van der Waals surface area contributed by atoms with Crippen LogP contribution in [0.15, 0.2) is 18.2 Å². The monoisotopic (exact) mass is 267 g/mol. The molecule has 1 atom stereocenters. The average molecular weight is 267 g/mol. The standard InChI is InChI=1S/C16H26FNO/c1-12-8-6-10-14(15(12)17)19-13(2)9-7-11-18-16(3,4)5/h6,8,10,13,18H,7,9,11H2,1-5H3. The van der Waals surface area contributed by atoms with Gasteiger partial charge in [0.25, 0.3) is 0 Å². The van der Waals surface area contributed by atoms with Gasteiger partial charge in [-0.1, -0.05) is 12.1 Å². The van der Waals surface area contributed by atoms with Crippen molar-refractivity contribution >= 4 is 0 Å². The largest absolute Gasteiger partial charge is 0.488 e. The van der Waals surface area contributed by atoms with Crippen molar-refractivity contribution < 1.29 is 9.13 Å². The molecule has 1 aromatic carbocycles. The minimum atomic E-state index is -0.248. The zero-order chi connectivity index (χ0) is 14.5. The Morgan fingerprint density at radius 3 is 2.63 bits per heavy atom. The van der Waals surface area contributed by atoms with E-state index in [1.165, 1.54) is 0 Å². The highest BCUT2D eigenvalue weighted by atomic mass is 19.1. The molecule has 2 nitrogen and oxygen atoms in total. The first-order chi connectivity index (χ1) is 8.79. The Labute approximate surface area is 116 Å². The topological polar surface area (TPSA) is 21.3 Å². The van der Waals surface area contributed by atoms with E-state index in [2.05, 4.69) is 26.1 Å². The van der Waals surface area contributed by atoms with Gasteiger partial charge in [0.05, 0.1) is 6.10 Å². The van der Waals surface area contributed by atoms with Crippen molar-refractivity contribution in [2.45, 2.75) is 59.1 Å². The van der Waals surface area contributed by atoms with Crippen LogP contribution in [0.25, 0.3) is 0 Å². The van der Waals surface area contributed by atoms with Gasteiger partial charge < -0.3 is 10.1 Å². The average Bonchev–Trinajstić information content (AvgIpc) is 2.29. The summed E-state index contributed by atoms with van der Waals surface area (Å²) < 4.78 is 19.4. The molecule has 0 saturated carbocycles. The molecule has 0 saturated heterocycles. The molecular weight excluding hydrogens is 241 g/mol. The van der Waals surface area contributed by atoms with Gasteiger partial charge in [-0.25, -0.2) is 4.39 Å². The van der Waals surface area contributed by atoms with Gasteiger partial charge in [-0.2, -0.15) is 0 Å². The van der Waals surface area contributed by atoms with Gasteiger partial charge in [0.2, 0.25) is 0 Å². The van der Waals surface area contributed by atoms with Crippen molar-refractivity contribution in [1.82, 2.24) is 5.32 Å². The van der Waals surface area contributed by atoms with Crippen molar-refractivity contribution in [2.24, 2.45) is 0 Å². The van der Waals surface area contributed by atoms with Gasteiger partial charge in [0, 0.05) is 5.54 Å². The highest BCUT2D eigenvalue weighted by Gasteiger charge is 2.11. The van der Waals surface area contributed by atoms with Crippen LogP contribution in [0.5, 0.6) is 5.75 Å². The van der Waals surface area contributed by atoms with Gasteiger partial charge in [0.1, 0.15) is 0 Å². The first-order valence-corrected chi connectivity index (χ1v) is 6.96. The summed E-state index contributed by atoms with van der Waals surface area (Å²) in [6.45, 7) is 11.1. The molecule has 0 aromatic heterocycles. The van der Waals surface area contributed by atoms with E-state index < -0.39 is 0 Å². The Balaban J connectivity index is 2.35. The number of hydrogen-bond donors (Lipinski definition) is 1. The number of aryl methyl sites for hydroxylation is 1. The summed E-state index contributed by atoms with van der Waals surface area (Å²) in [5.74, 6) is 0.110. The number of benzene rings is 1. The summed E-state index contributed by atoms with van der Waals surface area (Å²) in [4.78, 5) is 0. The van der Waals surface area contributed by atoms with Gasteiger partial charge in [0.15, 0.2) is 11.6 Å². The molecule has 0 aliphatic heterocycles.